The fraction of sp³-hybridized carbons (Fsp3) is 0.462. The van der Waals surface area contributed by atoms with E-state index in [-0.39, 0.29) is 43.8 Å². The lowest BCUT2D eigenvalue weighted by atomic mass is 10.1. The maximum atomic E-state index is 13.4. The van der Waals surface area contributed by atoms with Gasteiger partial charge in [-0.05, 0) is 63.9 Å². The van der Waals surface area contributed by atoms with Crippen molar-refractivity contribution in [3.63, 3.8) is 0 Å². The topological polar surface area (TPSA) is 96.0 Å². The number of sulfonamides is 1. The van der Waals surface area contributed by atoms with Crippen LogP contribution >= 0.6 is 23.2 Å². The molecule has 2 aromatic rings. The summed E-state index contributed by atoms with van der Waals surface area (Å²) in [5.74, 6) is -0.152. The molecule has 0 aliphatic rings. The van der Waals surface area contributed by atoms with Crippen molar-refractivity contribution < 1.29 is 22.7 Å². The maximum absolute atomic E-state index is 13.4. The van der Waals surface area contributed by atoms with E-state index in [4.69, 9.17) is 27.9 Å². The Hall–Kier alpha value is -2.49. The van der Waals surface area contributed by atoms with E-state index in [0.29, 0.717) is 33.7 Å². The monoisotopic (exact) mass is 571 g/mol. The molecule has 0 radical (unpaired) electrons. The van der Waals surface area contributed by atoms with Crippen molar-refractivity contribution in [2.24, 2.45) is 0 Å². The molecule has 0 aliphatic carbocycles. The Morgan fingerprint density at radius 3 is 2.35 bits per heavy atom. The molecule has 2 rings (SSSR count). The van der Waals surface area contributed by atoms with Crippen molar-refractivity contribution in [2.75, 3.05) is 23.7 Å². The number of rotatable bonds is 13. The van der Waals surface area contributed by atoms with Crippen molar-refractivity contribution in [3.8, 4) is 5.75 Å². The number of nitrogens with zero attached hydrogens (tertiary/aromatic N) is 2. The summed E-state index contributed by atoms with van der Waals surface area (Å²) in [5.41, 5.74) is 1.06. The van der Waals surface area contributed by atoms with Crippen LogP contribution in [0.4, 0.5) is 5.69 Å². The van der Waals surface area contributed by atoms with Crippen molar-refractivity contribution in [3.05, 3.63) is 58.1 Å². The molecular formula is C26H35Cl2N3O5S. The second-order valence-corrected chi connectivity index (χ2v) is 11.7. The van der Waals surface area contributed by atoms with E-state index in [2.05, 4.69) is 5.32 Å². The van der Waals surface area contributed by atoms with Gasteiger partial charge in [0.25, 0.3) is 0 Å². The summed E-state index contributed by atoms with van der Waals surface area (Å²) in [6.07, 6.45) is 1.37. The van der Waals surface area contributed by atoms with Gasteiger partial charge >= 0.3 is 0 Å². The van der Waals surface area contributed by atoms with Gasteiger partial charge in [0, 0.05) is 35.6 Å². The molecule has 0 saturated carbocycles. The van der Waals surface area contributed by atoms with E-state index >= 15 is 0 Å². The van der Waals surface area contributed by atoms with Crippen molar-refractivity contribution in [2.45, 2.75) is 59.2 Å². The molecule has 11 heteroatoms. The van der Waals surface area contributed by atoms with Crippen LogP contribution in [-0.2, 0) is 26.2 Å². The third kappa shape index (κ3) is 9.09. The predicted molar refractivity (Wildman–Crippen MR) is 149 cm³/mol. The van der Waals surface area contributed by atoms with E-state index < -0.39 is 16.1 Å². The highest BCUT2D eigenvalue weighted by Crippen LogP contribution is 2.30. The number of nitrogens with one attached hydrogen (secondary N) is 1. The summed E-state index contributed by atoms with van der Waals surface area (Å²) in [5, 5.41) is 3.68. The highest BCUT2D eigenvalue weighted by atomic mass is 35.5. The highest BCUT2D eigenvalue weighted by Gasteiger charge is 2.28. The predicted octanol–water partition coefficient (Wildman–Crippen LogP) is 4.88. The van der Waals surface area contributed by atoms with Gasteiger partial charge in [-0.1, -0.05) is 41.4 Å². The quantitative estimate of drug-likeness (QED) is 0.369. The minimum absolute atomic E-state index is 0.0212. The Morgan fingerprint density at radius 1 is 1.08 bits per heavy atom. The van der Waals surface area contributed by atoms with E-state index in [1.807, 2.05) is 20.8 Å². The van der Waals surface area contributed by atoms with Crippen molar-refractivity contribution >= 4 is 50.7 Å². The summed E-state index contributed by atoms with van der Waals surface area (Å²) >= 11 is 12.4. The summed E-state index contributed by atoms with van der Waals surface area (Å²) in [6, 6.07) is 11.0. The normalized spacial score (nSPS) is 12.2. The Kier molecular flexibility index (Phi) is 11.5. The smallest absolute Gasteiger partial charge is 0.242 e. The fourth-order valence-corrected chi connectivity index (χ4v) is 5.18. The first kappa shape index (κ1) is 30.7. The third-order valence-electron chi connectivity index (χ3n) is 5.54. The second-order valence-electron chi connectivity index (χ2n) is 8.94. The molecule has 0 fully saturated rings. The maximum Gasteiger partial charge on any atom is 0.242 e. The molecule has 1 atom stereocenters. The number of carbonyl (C=O) groups excluding carboxylic acids is 2. The lowest BCUT2D eigenvalue weighted by molar-refractivity contribution is -0.140. The first-order chi connectivity index (χ1) is 17.3. The highest BCUT2D eigenvalue weighted by molar-refractivity contribution is 7.92. The van der Waals surface area contributed by atoms with Gasteiger partial charge in [0.1, 0.15) is 11.8 Å². The number of benzene rings is 2. The van der Waals surface area contributed by atoms with Crippen LogP contribution in [0, 0.1) is 0 Å². The van der Waals surface area contributed by atoms with Crippen LogP contribution in [-0.4, -0.2) is 56.6 Å². The minimum Gasteiger partial charge on any atom is -0.492 e. The molecule has 0 aliphatic heterocycles. The average molecular weight is 573 g/mol. The first-order valence-corrected chi connectivity index (χ1v) is 14.7. The number of halogens is 2. The standard InChI is InChI=1S/C26H35Cl2N3O5S/c1-6-36-24-11-8-7-10-23(24)31(37(5,34)35)15-9-12-25(32)30(19(4)26(33)29-18(2)3)17-20-13-14-21(27)16-22(20)28/h7-8,10-11,13-14,16,18-19H,6,9,12,15,17H2,1-5H3,(H,29,33)/t19-/m0/s1. The van der Waals surface area contributed by atoms with Gasteiger partial charge in [-0.3, -0.25) is 13.9 Å². The van der Waals surface area contributed by atoms with Gasteiger partial charge in [-0.15, -0.1) is 0 Å². The number of carbonyl (C=O) groups is 2. The fourth-order valence-electron chi connectivity index (χ4n) is 3.74. The Balaban J connectivity index is 2.24. The van der Waals surface area contributed by atoms with Crippen LogP contribution in [0.15, 0.2) is 42.5 Å². The summed E-state index contributed by atoms with van der Waals surface area (Å²) in [4.78, 5) is 27.6. The van der Waals surface area contributed by atoms with Crippen LogP contribution in [0.5, 0.6) is 5.75 Å². The zero-order chi connectivity index (χ0) is 27.8. The Morgan fingerprint density at radius 2 is 1.76 bits per heavy atom. The van der Waals surface area contributed by atoms with Gasteiger partial charge in [0.15, 0.2) is 0 Å². The second kappa shape index (κ2) is 13.9. The van der Waals surface area contributed by atoms with E-state index in [9.17, 15) is 18.0 Å². The molecule has 0 aromatic heterocycles. The van der Waals surface area contributed by atoms with Crippen LogP contribution in [0.25, 0.3) is 0 Å². The van der Waals surface area contributed by atoms with Gasteiger partial charge < -0.3 is 15.0 Å². The van der Waals surface area contributed by atoms with Gasteiger partial charge in [-0.2, -0.15) is 0 Å². The molecule has 8 nitrogen and oxygen atoms in total. The summed E-state index contributed by atoms with van der Waals surface area (Å²) in [6.45, 7) is 7.70. The number of hydrogen-bond acceptors (Lipinski definition) is 5. The molecule has 1 N–H and O–H groups in total. The summed E-state index contributed by atoms with van der Waals surface area (Å²) < 4.78 is 32.0. The Labute approximate surface area is 229 Å². The Bertz CT molecular complexity index is 1190. The zero-order valence-electron chi connectivity index (χ0n) is 21.8. The van der Waals surface area contributed by atoms with E-state index in [1.165, 1.54) is 9.21 Å². The van der Waals surface area contributed by atoms with E-state index in [1.54, 1.807) is 49.4 Å². The third-order valence-corrected chi connectivity index (χ3v) is 7.31. The molecule has 0 saturated heterocycles. The number of amides is 2. The van der Waals surface area contributed by atoms with Gasteiger partial charge in [0.2, 0.25) is 21.8 Å². The van der Waals surface area contributed by atoms with Crippen LogP contribution < -0.4 is 14.4 Å². The zero-order valence-corrected chi connectivity index (χ0v) is 24.2. The largest absolute Gasteiger partial charge is 0.492 e. The lowest BCUT2D eigenvalue weighted by Crippen LogP contribution is -2.49. The number of anilines is 1. The molecule has 204 valence electrons. The lowest BCUT2D eigenvalue weighted by Gasteiger charge is -2.30. The molecule has 0 bridgehead atoms. The van der Waals surface area contributed by atoms with Gasteiger partial charge in [-0.25, -0.2) is 8.42 Å². The molecule has 2 amide bonds. The van der Waals surface area contributed by atoms with Crippen LogP contribution in [0.1, 0.15) is 46.1 Å². The van der Waals surface area contributed by atoms with Crippen molar-refractivity contribution in [1.82, 2.24) is 10.2 Å². The molecule has 0 unspecified atom stereocenters. The molecule has 0 heterocycles. The SMILES string of the molecule is CCOc1ccccc1N(CCCC(=O)N(Cc1ccc(Cl)cc1Cl)[C@@H](C)C(=O)NC(C)C)S(C)(=O)=O. The number of hydrogen-bond donors (Lipinski definition) is 1. The average Bonchev–Trinajstić information content (AvgIpc) is 2.80. The molecular weight excluding hydrogens is 537 g/mol. The van der Waals surface area contributed by atoms with Crippen molar-refractivity contribution in [1.29, 1.82) is 0 Å². The number of para-hydroxylation sites is 2. The van der Waals surface area contributed by atoms with Crippen LogP contribution in [0.3, 0.4) is 0 Å². The van der Waals surface area contributed by atoms with Gasteiger partial charge in [0.05, 0.1) is 18.6 Å². The molecule has 0 spiro atoms. The van der Waals surface area contributed by atoms with E-state index in [0.717, 1.165) is 6.26 Å². The summed E-state index contributed by atoms with van der Waals surface area (Å²) in [7, 11) is -3.64. The minimum atomic E-state index is -3.64. The molecule has 37 heavy (non-hydrogen) atoms. The first-order valence-electron chi connectivity index (χ1n) is 12.1. The number of ether oxygens (including phenoxy) is 1. The van der Waals surface area contributed by atoms with Crippen LogP contribution in [0.2, 0.25) is 10.0 Å². The molecule has 2 aromatic carbocycles.